The molecule has 0 aliphatic heterocycles. The van der Waals surface area contributed by atoms with Gasteiger partial charge in [0.1, 0.15) is 0 Å². The highest BCUT2D eigenvalue weighted by Crippen LogP contribution is 2.25. The molecule has 0 amide bonds. The highest BCUT2D eigenvalue weighted by atomic mass is 32.1. The fourth-order valence-electron chi connectivity index (χ4n) is 1.52. The summed E-state index contributed by atoms with van der Waals surface area (Å²) < 4.78 is 0. The third kappa shape index (κ3) is 3.61. The summed E-state index contributed by atoms with van der Waals surface area (Å²) in [6.45, 7) is 6.52. The molecule has 2 atom stereocenters. The van der Waals surface area contributed by atoms with Crippen LogP contribution in [0.15, 0.2) is 17.5 Å². The summed E-state index contributed by atoms with van der Waals surface area (Å²) in [7, 11) is 0. The maximum Gasteiger partial charge on any atom is 0.307 e. The molecule has 0 aliphatic rings. The summed E-state index contributed by atoms with van der Waals surface area (Å²) in [6.07, 6.45) is 0. The minimum atomic E-state index is -0.749. The summed E-state index contributed by atoms with van der Waals surface area (Å²) in [5.74, 6) is -0.637. The first-order chi connectivity index (χ1) is 7.52. The van der Waals surface area contributed by atoms with Crippen molar-refractivity contribution in [3.8, 4) is 0 Å². The van der Waals surface area contributed by atoms with Crippen molar-refractivity contribution in [3.63, 3.8) is 0 Å². The first-order valence-corrected chi connectivity index (χ1v) is 6.40. The van der Waals surface area contributed by atoms with Gasteiger partial charge in [0.25, 0.3) is 0 Å². The Bertz CT molecular complexity index is 322. The maximum absolute atomic E-state index is 10.7. The number of carboxylic acids is 1. The van der Waals surface area contributed by atoms with Gasteiger partial charge in [-0.3, -0.25) is 4.79 Å². The van der Waals surface area contributed by atoms with Crippen molar-refractivity contribution >= 4 is 17.3 Å². The van der Waals surface area contributed by atoms with Gasteiger partial charge in [-0.25, -0.2) is 0 Å². The van der Waals surface area contributed by atoms with E-state index in [1.165, 1.54) is 4.88 Å². The summed E-state index contributed by atoms with van der Waals surface area (Å²) in [4.78, 5) is 12.0. The molecule has 1 rings (SSSR count). The Balaban J connectivity index is 2.57. The van der Waals surface area contributed by atoms with Crippen LogP contribution in [0.1, 0.15) is 31.7 Å². The van der Waals surface area contributed by atoms with Crippen molar-refractivity contribution in [1.29, 1.82) is 0 Å². The van der Waals surface area contributed by atoms with Gasteiger partial charge < -0.3 is 10.4 Å². The Labute approximate surface area is 100 Å². The molecule has 4 heteroatoms. The summed E-state index contributed by atoms with van der Waals surface area (Å²) >= 11 is 1.71. The molecule has 0 saturated heterocycles. The second kappa shape index (κ2) is 6.01. The lowest BCUT2D eigenvalue weighted by Crippen LogP contribution is -2.32. The van der Waals surface area contributed by atoms with Crippen LogP contribution < -0.4 is 5.32 Å². The van der Waals surface area contributed by atoms with Crippen molar-refractivity contribution in [3.05, 3.63) is 22.4 Å². The lowest BCUT2D eigenvalue weighted by atomic mass is 10.0. The molecule has 0 spiro atoms. The van der Waals surface area contributed by atoms with Crippen molar-refractivity contribution in [2.45, 2.75) is 26.8 Å². The molecule has 0 aliphatic carbocycles. The SMILES string of the molecule is CC(CNC(c1cccs1)C(C)C)C(=O)O. The predicted molar refractivity (Wildman–Crippen MR) is 66.7 cm³/mol. The third-order valence-corrected chi connectivity index (χ3v) is 3.54. The maximum atomic E-state index is 10.7. The van der Waals surface area contributed by atoms with Gasteiger partial charge in [-0.1, -0.05) is 26.8 Å². The van der Waals surface area contributed by atoms with Crippen molar-refractivity contribution in [1.82, 2.24) is 5.32 Å². The van der Waals surface area contributed by atoms with Gasteiger partial charge in [-0.2, -0.15) is 0 Å². The largest absolute Gasteiger partial charge is 0.481 e. The fraction of sp³-hybridized carbons (Fsp3) is 0.583. The van der Waals surface area contributed by atoms with Crippen LogP contribution >= 0.6 is 11.3 Å². The summed E-state index contributed by atoms with van der Waals surface area (Å²) in [5.41, 5.74) is 0. The smallest absolute Gasteiger partial charge is 0.307 e. The Morgan fingerprint density at radius 2 is 2.19 bits per heavy atom. The van der Waals surface area contributed by atoms with Crippen LogP contribution in [0.25, 0.3) is 0 Å². The van der Waals surface area contributed by atoms with Gasteiger partial charge in [-0.15, -0.1) is 11.3 Å². The standard InChI is InChI=1S/C12H19NO2S/c1-8(2)11(10-5-4-6-16-10)13-7-9(3)12(14)15/h4-6,8-9,11,13H,7H2,1-3H3,(H,14,15). The third-order valence-electron chi connectivity index (χ3n) is 2.58. The zero-order valence-corrected chi connectivity index (χ0v) is 10.8. The van der Waals surface area contributed by atoms with Crippen LogP contribution in [0.2, 0.25) is 0 Å². The van der Waals surface area contributed by atoms with Crippen LogP contribution in [0.3, 0.4) is 0 Å². The van der Waals surface area contributed by atoms with Crippen LogP contribution in [-0.4, -0.2) is 17.6 Å². The molecule has 90 valence electrons. The molecule has 1 aromatic heterocycles. The quantitative estimate of drug-likeness (QED) is 0.805. The minimum Gasteiger partial charge on any atom is -0.481 e. The molecule has 0 radical (unpaired) electrons. The van der Waals surface area contributed by atoms with E-state index >= 15 is 0 Å². The van der Waals surface area contributed by atoms with Gasteiger partial charge in [0.05, 0.1) is 5.92 Å². The van der Waals surface area contributed by atoms with Gasteiger partial charge in [0.15, 0.2) is 0 Å². The van der Waals surface area contributed by atoms with Crippen LogP contribution in [-0.2, 0) is 4.79 Å². The molecule has 16 heavy (non-hydrogen) atoms. The monoisotopic (exact) mass is 241 g/mol. The molecular weight excluding hydrogens is 222 g/mol. The number of rotatable bonds is 6. The number of hydrogen-bond acceptors (Lipinski definition) is 3. The van der Waals surface area contributed by atoms with Crippen LogP contribution in [0, 0.1) is 11.8 Å². The lowest BCUT2D eigenvalue weighted by molar-refractivity contribution is -0.141. The number of thiophene rings is 1. The molecule has 1 aromatic rings. The fourth-order valence-corrected chi connectivity index (χ4v) is 2.50. The normalized spacial score (nSPS) is 15.0. The molecular formula is C12H19NO2S. The average molecular weight is 241 g/mol. The first-order valence-electron chi connectivity index (χ1n) is 5.52. The van der Waals surface area contributed by atoms with E-state index < -0.39 is 5.97 Å². The molecule has 1 heterocycles. The average Bonchev–Trinajstić information content (AvgIpc) is 2.70. The molecule has 0 saturated carbocycles. The van der Waals surface area contributed by atoms with Gasteiger partial charge in [0.2, 0.25) is 0 Å². The second-order valence-corrected chi connectivity index (χ2v) is 5.36. The molecule has 0 bridgehead atoms. The number of aliphatic carboxylic acids is 1. The Kier molecular flexibility index (Phi) is 4.96. The van der Waals surface area contributed by atoms with Gasteiger partial charge in [0, 0.05) is 17.5 Å². The first kappa shape index (κ1) is 13.2. The highest BCUT2D eigenvalue weighted by Gasteiger charge is 2.19. The molecule has 3 nitrogen and oxygen atoms in total. The van der Waals surface area contributed by atoms with E-state index in [4.69, 9.17) is 5.11 Å². The molecule has 0 fully saturated rings. The van der Waals surface area contributed by atoms with Crippen molar-refractivity contribution in [2.24, 2.45) is 11.8 Å². The van der Waals surface area contributed by atoms with E-state index in [1.807, 2.05) is 11.4 Å². The van der Waals surface area contributed by atoms with E-state index in [0.29, 0.717) is 12.5 Å². The highest BCUT2D eigenvalue weighted by molar-refractivity contribution is 7.10. The van der Waals surface area contributed by atoms with Crippen molar-refractivity contribution < 1.29 is 9.90 Å². The minimum absolute atomic E-state index is 0.252. The molecule has 2 N–H and O–H groups in total. The zero-order chi connectivity index (χ0) is 12.1. The summed E-state index contributed by atoms with van der Waals surface area (Å²) in [5, 5.41) is 14.2. The Morgan fingerprint density at radius 3 is 2.62 bits per heavy atom. The number of carbonyl (C=O) groups is 1. The Morgan fingerprint density at radius 1 is 1.50 bits per heavy atom. The zero-order valence-electron chi connectivity index (χ0n) is 9.93. The predicted octanol–water partition coefficient (Wildman–Crippen LogP) is 2.76. The number of nitrogens with one attached hydrogen (secondary N) is 1. The molecule has 0 aromatic carbocycles. The Hall–Kier alpha value is -0.870. The van der Waals surface area contributed by atoms with E-state index in [0.717, 1.165) is 0 Å². The topological polar surface area (TPSA) is 49.3 Å². The van der Waals surface area contributed by atoms with Gasteiger partial charge >= 0.3 is 5.97 Å². The number of hydrogen-bond donors (Lipinski definition) is 2. The lowest BCUT2D eigenvalue weighted by Gasteiger charge is -2.22. The van der Waals surface area contributed by atoms with E-state index in [9.17, 15) is 4.79 Å². The molecule has 2 unspecified atom stereocenters. The van der Waals surface area contributed by atoms with Crippen LogP contribution in [0.5, 0.6) is 0 Å². The van der Waals surface area contributed by atoms with Crippen LogP contribution in [0.4, 0.5) is 0 Å². The van der Waals surface area contributed by atoms with Gasteiger partial charge in [-0.05, 0) is 17.4 Å². The van der Waals surface area contributed by atoms with E-state index in [2.05, 4.69) is 25.2 Å². The van der Waals surface area contributed by atoms with E-state index in [-0.39, 0.29) is 12.0 Å². The van der Waals surface area contributed by atoms with Crippen molar-refractivity contribution in [2.75, 3.05) is 6.54 Å². The van der Waals surface area contributed by atoms with E-state index in [1.54, 1.807) is 18.3 Å². The summed E-state index contributed by atoms with van der Waals surface area (Å²) in [6, 6.07) is 4.37. The number of carboxylic acid groups (broad SMARTS) is 1. The second-order valence-electron chi connectivity index (χ2n) is 4.38.